The number of aromatic nitrogens is 1. The van der Waals surface area contributed by atoms with Gasteiger partial charge >= 0.3 is 0 Å². The van der Waals surface area contributed by atoms with Crippen LogP contribution in [0.1, 0.15) is 11.1 Å². The van der Waals surface area contributed by atoms with Crippen LogP contribution < -0.4 is 0 Å². The summed E-state index contributed by atoms with van der Waals surface area (Å²) >= 11 is 0. The molecule has 2 nitrogen and oxygen atoms in total. The van der Waals surface area contributed by atoms with Crippen molar-refractivity contribution in [2.24, 2.45) is 0 Å². The third-order valence-corrected chi connectivity index (χ3v) is 2.96. The second kappa shape index (κ2) is 5.81. The van der Waals surface area contributed by atoms with Crippen LogP contribution in [0.15, 0.2) is 30.5 Å². The fourth-order valence-corrected chi connectivity index (χ4v) is 1.84. The highest BCUT2D eigenvalue weighted by Gasteiger charge is 2.16. The Bertz CT molecular complexity index is 659. The average molecular weight is 273 g/mol. The number of aliphatic hydroxyl groups excluding tert-OH is 1. The lowest BCUT2D eigenvalue weighted by Gasteiger charge is -2.09. The highest BCUT2D eigenvalue weighted by atomic mass is 19.2. The number of aliphatic hydroxyl groups is 1. The van der Waals surface area contributed by atoms with Crippen LogP contribution in [0, 0.1) is 30.9 Å². The Morgan fingerprint density at radius 1 is 1.25 bits per heavy atom. The van der Waals surface area contributed by atoms with E-state index in [1.165, 1.54) is 12.1 Å². The fraction of sp³-hybridized carbons (Fsp3) is 0.188. The van der Waals surface area contributed by atoms with Gasteiger partial charge in [0.05, 0.1) is 5.69 Å². The minimum absolute atomic E-state index is 0.0452. The van der Waals surface area contributed by atoms with E-state index in [1.54, 1.807) is 18.3 Å². The molecule has 0 saturated heterocycles. The molecule has 1 aromatic carbocycles. The largest absolute Gasteiger partial charge is 0.380 e. The normalized spacial score (nSPS) is 11.9. The van der Waals surface area contributed by atoms with Gasteiger partial charge in [-0.2, -0.15) is 0 Å². The minimum atomic E-state index is -1.13. The van der Waals surface area contributed by atoms with Gasteiger partial charge < -0.3 is 5.11 Å². The molecule has 0 amide bonds. The maximum Gasteiger partial charge on any atom is 0.168 e. The summed E-state index contributed by atoms with van der Waals surface area (Å²) in [5.41, 5.74) is 1.42. The van der Waals surface area contributed by atoms with E-state index in [2.05, 4.69) is 10.9 Å². The second-order valence-electron chi connectivity index (χ2n) is 4.51. The van der Waals surface area contributed by atoms with E-state index in [4.69, 9.17) is 6.42 Å². The summed E-state index contributed by atoms with van der Waals surface area (Å²) in [6, 6.07) is 6.25. The molecule has 0 saturated carbocycles. The SMILES string of the molecule is C#CC(O)Cc1ccc(-c2ccc(C)cn2)c(F)c1F. The second-order valence-corrected chi connectivity index (χ2v) is 4.51. The van der Waals surface area contributed by atoms with Gasteiger partial charge in [0.1, 0.15) is 6.10 Å². The van der Waals surface area contributed by atoms with E-state index < -0.39 is 17.7 Å². The molecule has 0 radical (unpaired) electrons. The zero-order valence-corrected chi connectivity index (χ0v) is 10.9. The van der Waals surface area contributed by atoms with E-state index in [-0.39, 0.29) is 17.5 Å². The maximum absolute atomic E-state index is 14.1. The summed E-state index contributed by atoms with van der Waals surface area (Å²) in [5.74, 6) is 0.0827. The monoisotopic (exact) mass is 273 g/mol. The van der Waals surface area contributed by atoms with Gasteiger partial charge in [-0.15, -0.1) is 6.42 Å². The predicted octanol–water partition coefficient (Wildman–Crippen LogP) is 2.87. The van der Waals surface area contributed by atoms with Crippen molar-refractivity contribution in [3.8, 4) is 23.6 Å². The Labute approximate surface area is 116 Å². The molecular formula is C16H13F2NO. The van der Waals surface area contributed by atoms with E-state index in [0.717, 1.165) is 5.56 Å². The summed E-state index contributed by atoms with van der Waals surface area (Å²) < 4.78 is 28.0. The smallest absolute Gasteiger partial charge is 0.168 e. The summed E-state index contributed by atoms with van der Waals surface area (Å²) in [4.78, 5) is 4.07. The number of hydrogen-bond acceptors (Lipinski definition) is 2. The molecule has 0 bridgehead atoms. The van der Waals surface area contributed by atoms with Crippen LogP contribution >= 0.6 is 0 Å². The first kappa shape index (κ1) is 14.2. The molecule has 1 heterocycles. The van der Waals surface area contributed by atoms with Crippen molar-refractivity contribution in [2.45, 2.75) is 19.4 Å². The summed E-state index contributed by atoms with van der Waals surface area (Å²) in [5, 5.41) is 9.31. The van der Waals surface area contributed by atoms with Crippen molar-refractivity contribution in [2.75, 3.05) is 0 Å². The first-order valence-corrected chi connectivity index (χ1v) is 6.07. The molecule has 102 valence electrons. The van der Waals surface area contributed by atoms with E-state index in [9.17, 15) is 13.9 Å². The Morgan fingerprint density at radius 3 is 2.60 bits per heavy atom. The van der Waals surface area contributed by atoms with Gasteiger partial charge in [-0.05, 0) is 30.2 Å². The van der Waals surface area contributed by atoms with Crippen LogP contribution in [0.25, 0.3) is 11.3 Å². The third kappa shape index (κ3) is 2.84. The number of aryl methyl sites for hydroxylation is 1. The van der Waals surface area contributed by atoms with Gasteiger partial charge in [-0.3, -0.25) is 4.98 Å². The zero-order valence-electron chi connectivity index (χ0n) is 10.9. The molecule has 1 N–H and O–H groups in total. The Balaban J connectivity index is 2.41. The van der Waals surface area contributed by atoms with Gasteiger partial charge in [0.2, 0.25) is 0 Å². The van der Waals surface area contributed by atoms with Crippen LogP contribution in [-0.2, 0) is 6.42 Å². The number of halogens is 2. The van der Waals surface area contributed by atoms with Crippen molar-refractivity contribution in [1.29, 1.82) is 0 Å². The van der Waals surface area contributed by atoms with Crippen molar-refractivity contribution in [1.82, 2.24) is 4.98 Å². The predicted molar refractivity (Wildman–Crippen MR) is 72.9 cm³/mol. The molecular weight excluding hydrogens is 260 g/mol. The quantitative estimate of drug-likeness (QED) is 0.872. The van der Waals surface area contributed by atoms with Crippen molar-refractivity contribution in [3.63, 3.8) is 0 Å². The lowest BCUT2D eigenvalue weighted by molar-refractivity contribution is 0.231. The van der Waals surface area contributed by atoms with Crippen LogP contribution in [0.5, 0.6) is 0 Å². The van der Waals surface area contributed by atoms with Crippen LogP contribution in [-0.4, -0.2) is 16.2 Å². The van der Waals surface area contributed by atoms with E-state index in [1.807, 2.05) is 6.92 Å². The van der Waals surface area contributed by atoms with Crippen molar-refractivity contribution < 1.29 is 13.9 Å². The topological polar surface area (TPSA) is 33.1 Å². The number of terminal acetylenes is 1. The van der Waals surface area contributed by atoms with Gasteiger partial charge in [0.25, 0.3) is 0 Å². The average Bonchev–Trinajstić information content (AvgIpc) is 2.45. The summed E-state index contributed by atoms with van der Waals surface area (Å²) in [7, 11) is 0. The van der Waals surface area contributed by atoms with Gasteiger partial charge in [-0.1, -0.05) is 18.1 Å². The third-order valence-electron chi connectivity index (χ3n) is 2.96. The molecule has 0 aliphatic heterocycles. The maximum atomic E-state index is 14.1. The molecule has 2 rings (SSSR count). The lowest BCUT2D eigenvalue weighted by Crippen LogP contribution is -2.09. The van der Waals surface area contributed by atoms with Crippen LogP contribution in [0.3, 0.4) is 0 Å². The number of pyridine rings is 1. The number of nitrogens with zero attached hydrogens (tertiary/aromatic N) is 1. The molecule has 1 atom stereocenters. The number of hydrogen-bond donors (Lipinski definition) is 1. The Kier molecular flexibility index (Phi) is 4.11. The van der Waals surface area contributed by atoms with Crippen LogP contribution in [0.2, 0.25) is 0 Å². The van der Waals surface area contributed by atoms with Crippen molar-refractivity contribution in [3.05, 3.63) is 53.2 Å². The molecule has 4 heteroatoms. The minimum Gasteiger partial charge on any atom is -0.380 e. The first-order valence-electron chi connectivity index (χ1n) is 6.07. The molecule has 0 fully saturated rings. The first-order chi connectivity index (χ1) is 9.52. The Morgan fingerprint density at radius 2 is 2.00 bits per heavy atom. The standard InChI is InChI=1S/C16H13F2NO/c1-3-12(20)8-11-5-6-13(16(18)15(11)17)14-7-4-10(2)9-19-14/h1,4-7,9,12,20H,8H2,2H3. The zero-order chi connectivity index (χ0) is 14.7. The number of rotatable bonds is 3. The van der Waals surface area contributed by atoms with Gasteiger partial charge in [-0.25, -0.2) is 8.78 Å². The summed E-state index contributed by atoms with van der Waals surface area (Å²) in [6.45, 7) is 1.86. The molecule has 0 aliphatic rings. The van der Waals surface area contributed by atoms with E-state index >= 15 is 0 Å². The molecule has 1 aromatic heterocycles. The van der Waals surface area contributed by atoms with Gasteiger partial charge in [0, 0.05) is 18.2 Å². The molecule has 20 heavy (non-hydrogen) atoms. The van der Waals surface area contributed by atoms with E-state index in [0.29, 0.717) is 5.69 Å². The highest BCUT2D eigenvalue weighted by molar-refractivity contribution is 5.60. The molecule has 1 unspecified atom stereocenters. The molecule has 0 spiro atoms. The van der Waals surface area contributed by atoms with Gasteiger partial charge in [0.15, 0.2) is 11.6 Å². The molecule has 0 aliphatic carbocycles. The Hall–Kier alpha value is -2.25. The fourth-order valence-electron chi connectivity index (χ4n) is 1.84. The molecule has 2 aromatic rings. The highest BCUT2D eigenvalue weighted by Crippen LogP contribution is 2.25. The van der Waals surface area contributed by atoms with Crippen LogP contribution in [0.4, 0.5) is 8.78 Å². The summed E-state index contributed by atoms with van der Waals surface area (Å²) in [6.07, 6.45) is 5.35. The lowest BCUT2D eigenvalue weighted by atomic mass is 10.0. The van der Waals surface area contributed by atoms with Crippen molar-refractivity contribution >= 4 is 0 Å². The number of benzene rings is 1.